The van der Waals surface area contributed by atoms with Crippen molar-refractivity contribution in [3.8, 4) is 11.5 Å². The summed E-state index contributed by atoms with van der Waals surface area (Å²) in [7, 11) is -3.61. The Hall–Kier alpha value is -3.25. The molecular formula is C22H21F3N4O4S. The lowest BCUT2D eigenvalue weighted by molar-refractivity contribution is -0.137. The Morgan fingerprint density at radius 1 is 1.06 bits per heavy atom. The molecule has 1 aliphatic heterocycles. The monoisotopic (exact) mass is 494 g/mol. The van der Waals surface area contributed by atoms with E-state index in [4.69, 9.17) is 4.42 Å². The molecule has 1 aromatic heterocycles. The van der Waals surface area contributed by atoms with E-state index < -0.39 is 27.7 Å². The Balaban J connectivity index is 1.37. The third-order valence-electron chi connectivity index (χ3n) is 5.29. The average Bonchev–Trinajstić information content (AvgIpc) is 3.50. The van der Waals surface area contributed by atoms with Gasteiger partial charge in [-0.25, -0.2) is 8.42 Å². The fourth-order valence-corrected chi connectivity index (χ4v) is 5.12. The first-order chi connectivity index (χ1) is 16.1. The molecule has 1 fully saturated rings. The number of rotatable bonds is 7. The number of nitrogens with one attached hydrogen (secondary N) is 1. The van der Waals surface area contributed by atoms with E-state index in [1.165, 1.54) is 28.6 Å². The summed E-state index contributed by atoms with van der Waals surface area (Å²) in [6, 6.07) is 10.5. The van der Waals surface area contributed by atoms with E-state index in [9.17, 15) is 26.4 Å². The van der Waals surface area contributed by atoms with Gasteiger partial charge in [0.05, 0.1) is 10.5 Å². The lowest BCUT2D eigenvalue weighted by Crippen LogP contribution is -2.27. The molecule has 1 amide bonds. The SMILES string of the molecule is O=C(CCc1nnc(-c2cccc(C(F)(F)F)c2)o1)Nc1cccc(S(=O)(=O)N2CCCC2)c1. The fraction of sp³-hybridized carbons (Fsp3) is 0.318. The average molecular weight is 494 g/mol. The molecule has 0 unspecified atom stereocenters. The summed E-state index contributed by atoms with van der Waals surface area (Å²) < 4.78 is 70.9. The molecular weight excluding hydrogens is 473 g/mol. The first-order valence-electron chi connectivity index (χ1n) is 10.5. The summed E-state index contributed by atoms with van der Waals surface area (Å²) in [4.78, 5) is 12.5. The first kappa shape index (κ1) is 23.9. The Morgan fingerprint density at radius 3 is 2.53 bits per heavy atom. The van der Waals surface area contributed by atoms with Crippen LogP contribution in [0.25, 0.3) is 11.5 Å². The van der Waals surface area contributed by atoms with Gasteiger partial charge >= 0.3 is 6.18 Å². The molecule has 4 rings (SSSR count). The number of aryl methyl sites for hydroxylation is 1. The van der Waals surface area contributed by atoms with Crippen molar-refractivity contribution in [1.82, 2.24) is 14.5 Å². The third kappa shape index (κ3) is 5.45. The van der Waals surface area contributed by atoms with E-state index in [0.717, 1.165) is 25.0 Å². The van der Waals surface area contributed by atoms with Crippen LogP contribution in [0.15, 0.2) is 57.8 Å². The molecule has 180 valence electrons. The number of hydrogen-bond donors (Lipinski definition) is 1. The minimum atomic E-state index is -4.50. The topological polar surface area (TPSA) is 105 Å². The van der Waals surface area contributed by atoms with Gasteiger partial charge in [0.1, 0.15) is 0 Å². The first-order valence-corrected chi connectivity index (χ1v) is 12.0. The van der Waals surface area contributed by atoms with Crippen LogP contribution in [0.5, 0.6) is 0 Å². The lowest BCUT2D eigenvalue weighted by Gasteiger charge is -2.16. The Bertz CT molecular complexity index is 1290. The Labute approximate surface area is 193 Å². The molecule has 0 aliphatic carbocycles. The van der Waals surface area contributed by atoms with Gasteiger partial charge in [0.25, 0.3) is 0 Å². The molecule has 12 heteroatoms. The van der Waals surface area contributed by atoms with Crippen molar-refractivity contribution in [2.75, 3.05) is 18.4 Å². The molecule has 2 heterocycles. The Kier molecular flexibility index (Phi) is 6.71. The van der Waals surface area contributed by atoms with Crippen molar-refractivity contribution in [3.63, 3.8) is 0 Å². The second kappa shape index (κ2) is 9.55. The number of carbonyl (C=O) groups is 1. The standard InChI is InChI=1S/C22H21F3N4O4S/c23-22(24,25)16-6-3-5-15(13-16)21-28-27-20(33-21)10-9-19(30)26-17-7-4-8-18(14-17)34(31,32)29-11-1-2-12-29/h3-8,13-14H,1-2,9-12H2,(H,26,30). The van der Waals surface area contributed by atoms with Gasteiger partial charge in [0.2, 0.25) is 27.7 Å². The normalized spacial score (nSPS) is 14.9. The largest absolute Gasteiger partial charge is 0.421 e. The number of aromatic nitrogens is 2. The van der Waals surface area contributed by atoms with Crippen LogP contribution in [-0.4, -0.2) is 41.9 Å². The van der Waals surface area contributed by atoms with Gasteiger partial charge in [-0.1, -0.05) is 12.1 Å². The molecule has 3 aromatic rings. The minimum absolute atomic E-state index is 0.0483. The van der Waals surface area contributed by atoms with Gasteiger partial charge in [-0.2, -0.15) is 17.5 Å². The minimum Gasteiger partial charge on any atom is -0.421 e. The molecule has 0 radical (unpaired) electrons. The quantitative estimate of drug-likeness (QED) is 0.530. The zero-order chi connectivity index (χ0) is 24.3. The van der Waals surface area contributed by atoms with Crippen molar-refractivity contribution >= 4 is 21.6 Å². The summed E-state index contributed by atoms with van der Waals surface area (Å²) in [5.41, 5.74) is -0.382. The smallest absolute Gasteiger partial charge is 0.416 e. The maximum atomic E-state index is 12.9. The predicted octanol–water partition coefficient (Wildman–Crippen LogP) is 4.11. The van der Waals surface area contributed by atoms with Crippen LogP contribution < -0.4 is 5.32 Å². The van der Waals surface area contributed by atoms with Crippen LogP contribution in [0.4, 0.5) is 18.9 Å². The van der Waals surface area contributed by atoms with Crippen LogP contribution in [0.3, 0.4) is 0 Å². The van der Waals surface area contributed by atoms with Crippen LogP contribution in [0.1, 0.15) is 30.7 Å². The third-order valence-corrected chi connectivity index (χ3v) is 7.18. The van der Waals surface area contributed by atoms with Gasteiger partial charge in [-0.05, 0) is 49.2 Å². The fourth-order valence-electron chi connectivity index (χ4n) is 3.56. The molecule has 1 N–H and O–H groups in total. The van der Waals surface area contributed by atoms with Crippen molar-refractivity contribution in [3.05, 3.63) is 60.0 Å². The van der Waals surface area contributed by atoms with Crippen molar-refractivity contribution in [1.29, 1.82) is 0 Å². The molecule has 1 aliphatic rings. The van der Waals surface area contributed by atoms with E-state index in [1.807, 2.05) is 0 Å². The maximum Gasteiger partial charge on any atom is 0.416 e. The molecule has 0 bridgehead atoms. The van der Waals surface area contributed by atoms with E-state index in [2.05, 4.69) is 15.5 Å². The van der Waals surface area contributed by atoms with Crippen LogP contribution in [0, 0.1) is 0 Å². The summed E-state index contributed by atoms with van der Waals surface area (Å²) >= 11 is 0. The number of amides is 1. The zero-order valence-electron chi connectivity index (χ0n) is 17.9. The van der Waals surface area contributed by atoms with E-state index >= 15 is 0 Å². The van der Waals surface area contributed by atoms with Crippen molar-refractivity contribution in [2.24, 2.45) is 0 Å². The van der Waals surface area contributed by atoms with Crippen molar-refractivity contribution < 1.29 is 30.8 Å². The van der Waals surface area contributed by atoms with Gasteiger partial charge in [-0.15, -0.1) is 10.2 Å². The highest BCUT2D eigenvalue weighted by atomic mass is 32.2. The molecule has 2 aromatic carbocycles. The number of alkyl halides is 3. The van der Waals surface area contributed by atoms with E-state index in [1.54, 1.807) is 12.1 Å². The summed E-state index contributed by atoms with van der Waals surface area (Å²) in [5, 5.41) is 10.2. The van der Waals surface area contributed by atoms with Gasteiger partial charge in [0.15, 0.2) is 0 Å². The number of anilines is 1. The highest BCUT2D eigenvalue weighted by molar-refractivity contribution is 7.89. The lowest BCUT2D eigenvalue weighted by atomic mass is 10.1. The molecule has 0 saturated carbocycles. The maximum absolute atomic E-state index is 12.9. The number of halogens is 3. The second-order valence-electron chi connectivity index (χ2n) is 7.77. The molecule has 8 nitrogen and oxygen atoms in total. The second-order valence-corrected chi connectivity index (χ2v) is 9.70. The van der Waals surface area contributed by atoms with Gasteiger partial charge in [0, 0.05) is 37.2 Å². The van der Waals surface area contributed by atoms with Gasteiger partial charge < -0.3 is 9.73 Å². The molecule has 0 atom stereocenters. The molecule has 0 spiro atoms. The number of benzene rings is 2. The molecule has 1 saturated heterocycles. The van der Waals surface area contributed by atoms with E-state index in [-0.39, 0.29) is 35.1 Å². The highest BCUT2D eigenvalue weighted by Gasteiger charge is 2.31. The number of hydrogen-bond acceptors (Lipinski definition) is 6. The number of sulfonamides is 1. The number of carbonyl (C=O) groups excluding carboxylic acids is 1. The van der Waals surface area contributed by atoms with E-state index in [0.29, 0.717) is 18.8 Å². The summed E-state index contributed by atoms with van der Waals surface area (Å²) in [6.07, 6.45) is -2.85. The van der Waals surface area contributed by atoms with Crippen LogP contribution in [0.2, 0.25) is 0 Å². The van der Waals surface area contributed by atoms with Crippen molar-refractivity contribution in [2.45, 2.75) is 36.8 Å². The highest BCUT2D eigenvalue weighted by Crippen LogP contribution is 2.32. The predicted molar refractivity (Wildman–Crippen MR) is 116 cm³/mol. The van der Waals surface area contributed by atoms with Gasteiger partial charge in [-0.3, -0.25) is 4.79 Å². The summed E-state index contributed by atoms with van der Waals surface area (Å²) in [6.45, 7) is 0.956. The number of nitrogens with zero attached hydrogens (tertiary/aromatic N) is 3. The molecule has 34 heavy (non-hydrogen) atoms. The van der Waals surface area contributed by atoms with Crippen LogP contribution in [-0.2, 0) is 27.4 Å². The van der Waals surface area contributed by atoms with Crippen LogP contribution >= 0.6 is 0 Å². The Morgan fingerprint density at radius 2 is 1.79 bits per heavy atom. The summed E-state index contributed by atoms with van der Waals surface area (Å²) in [5.74, 6) is -0.399. The zero-order valence-corrected chi connectivity index (χ0v) is 18.7.